The van der Waals surface area contributed by atoms with Crippen LogP contribution in [0.2, 0.25) is 0 Å². The largest absolute Gasteiger partial charge is 0.353 e. The average Bonchev–Trinajstić information content (AvgIpc) is 3.90. The van der Waals surface area contributed by atoms with E-state index in [9.17, 15) is 28.8 Å². The Kier molecular flexibility index (Phi) is 17.1. The summed E-state index contributed by atoms with van der Waals surface area (Å²) in [7, 11) is 3.43. The zero-order valence-electron chi connectivity index (χ0n) is 35.3. The van der Waals surface area contributed by atoms with E-state index in [2.05, 4.69) is 51.8 Å². The second-order valence-corrected chi connectivity index (χ2v) is 17.2. The Morgan fingerprint density at radius 3 is 2.07 bits per heavy atom. The lowest BCUT2D eigenvalue weighted by Gasteiger charge is -2.35. The standard InChI is InChI=1S/C46H65N5O6/c1-31(47-6)40(52)29-35(44(56)50-26-16-23-38(50)42(54)28-34-21-15-20-33-18-12-13-22-36(33)34)19-11-9-8-10-14-25-49-43(55)39-24-17-27-51(39)45(57)37(46(3,4)5)30-41(53)32(2)48-7/h12-13,18,22,31-32,34-35,37-39,47-48H,14-17,19-21,23-30H2,1-7H3,(H,49,55)/t31-,32-,34-,35+,37+,38-,39-/m0/s1. The van der Waals surface area contributed by atoms with E-state index < -0.39 is 35.4 Å². The van der Waals surface area contributed by atoms with Crippen molar-refractivity contribution in [2.45, 2.75) is 142 Å². The maximum atomic E-state index is 14.0. The number of carbonyl (C=O) groups excluding carboxylic acids is 6. The first-order chi connectivity index (χ1) is 27.2. The van der Waals surface area contributed by atoms with Crippen LogP contribution in [0.25, 0.3) is 0 Å². The molecule has 1 aromatic carbocycles. The quantitative estimate of drug-likeness (QED) is 0.156. The van der Waals surface area contributed by atoms with Gasteiger partial charge in [-0.2, -0.15) is 0 Å². The Labute approximate surface area is 340 Å². The maximum absolute atomic E-state index is 14.0. The molecule has 2 fully saturated rings. The van der Waals surface area contributed by atoms with Gasteiger partial charge in [-0.05, 0) is 107 Å². The molecular weight excluding hydrogens is 719 g/mol. The molecule has 2 heterocycles. The molecule has 4 rings (SSSR count). The normalized spacial score (nSPS) is 21.1. The smallest absolute Gasteiger partial charge is 0.242 e. The summed E-state index contributed by atoms with van der Waals surface area (Å²) in [5, 5.41) is 8.82. The summed E-state index contributed by atoms with van der Waals surface area (Å²) < 4.78 is 0. The lowest BCUT2D eigenvalue weighted by molar-refractivity contribution is -0.146. The average molecular weight is 784 g/mol. The van der Waals surface area contributed by atoms with Gasteiger partial charge in [0.15, 0.2) is 5.78 Å². The number of likely N-dealkylation sites (N-methyl/N-ethyl adjacent to an activating group) is 2. The van der Waals surface area contributed by atoms with Gasteiger partial charge in [0.2, 0.25) is 17.7 Å². The van der Waals surface area contributed by atoms with E-state index >= 15 is 0 Å². The Bertz CT molecular complexity index is 1740. The zero-order chi connectivity index (χ0) is 41.7. The van der Waals surface area contributed by atoms with Crippen molar-refractivity contribution in [1.82, 2.24) is 25.8 Å². The molecule has 0 bridgehead atoms. The number of benzene rings is 1. The van der Waals surface area contributed by atoms with Gasteiger partial charge in [-0.1, -0.05) is 56.9 Å². The molecule has 0 aromatic heterocycles. The Hall–Kier alpha value is -4.32. The SMILES string of the molecule is CN[C@@H](C)C(=O)C[C@@H](CC#CC#CCCNC(=O)[C@@H]1CCCN1C(=O)[C@@H](CC(=O)[C@H](C)NC)C(C)(C)C)C(=O)N1CCC[C@H]1C(=O)C[C@@H]1CCCc2ccccc21. The van der Waals surface area contributed by atoms with E-state index in [0.717, 1.165) is 25.7 Å². The first kappa shape index (κ1) is 45.4. The van der Waals surface area contributed by atoms with Crippen molar-refractivity contribution >= 4 is 35.1 Å². The molecule has 57 heavy (non-hydrogen) atoms. The number of ketones is 3. The molecule has 1 aromatic rings. The molecule has 0 saturated carbocycles. The van der Waals surface area contributed by atoms with Crippen LogP contribution in [0.4, 0.5) is 0 Å². The van der Waals surface area contributed by atoms with E-state index in [1.54, 1.807) is 37.7 Å². The van der Waals surface area contributed by atoms with Crippen molar-refractivity contribution in [1.29, 1.82) is 0 Å². The molecule has 11 heteroatoms. The van der Waals surface area contributed by atoms with Crippen molar-refractivity contribution in [3.8, 4) is 23.7 Å². The van der Waals surface area contributed by atoms with Gasteiger partial charge >= 0.3 is 0 Å². The van der Waals surface area contributed by atoms with Crippen LogP contribution in [0.3, 0.4) is 0 Å². The van der Waals surface area contributed by atoms with Crippen LogP contribution < -0.4 is 16.0 Å². The fourth-order valence-corrected chi connectivity index (χ4v) is 8.37. The van der Waals surface area contributed by atoms with E-state index in [4.69, 9.17) is 0 Å². The molecule has 11 nitrogen and oxygen atoms in total. The number of hydrogen-bond acceptors (Lipinski definition) is 8. The molecular formula is C46H65N5O6. The van der Waals surface area contributed by atoms with Gasteiger partial charge in [-0.25, -0.2) is 0 Å². The molecule has 0 radical (unpaired) electrons. The number of hydrogen-bond donors (Lipinski definition) is 3. The molecule has 2 aliphatic heterocycles. The summed E-state index contributed by atoms with van der Waals surface area (Å²) in [6, 6.07) is 6.49. The third-order valence-electron chi connectivity index (χ3n) is 12.2. The lowest BCUT2D eigenvalue weighted by Crippen LogP contribution is -2.50. The molecule has 3 N–H and O–H groups in total. The molecule has 2 saturated heterocycles. The summed E-state index contributed by atoms with van der Waals surface area (Å²) in [6.07, 6.45) is 6.71. The lowest BCUT2D eigenvalue weighted by atomic mass is 9.76. The van der Waals surface area contributed by atoms with Gasteiger partial charge in [0, 0.05) is 57.7 Å². The van der Waals surface area contributed by atoms with Crippen LogP contribution in [0.15, 0.2) is 24.3 Å². The van der Waals surface area contributed by atoms with E-state index in [1.807, 2.05) is 32.9 Å². The second kappa shape index (κ2) is 21.4. The number of fused-ring (bicyclic) bond motifs is 1. The third-order valence-corrected chi connectivity index (χ3v) is 12.2. The minimum absolute atomic E-state index is 0.0188. The van der Waals surface area contributed by atoms with E-state index in [1.165, 1.54) is 11.1 Å². The number of amides is 3. The molecule has 3 aliphatic rings. The predicted molar refractivity (Wildman–Crippen MR) is 222 cm³/mol. The van der Waals surface area contributed by atoms with Crippen LogP contribution >= 0.6 is 0 Å². The fraction of sp³-hybridized carbons (Fsp3) is 0.652. The van der Waals surface area contributed by atoms with Crippen molar-refractivity contribution in [2.24, 2.45) is 17.3 Å². The third kappa shape index (κ3) is 12.3. The minimum Gasteiger partial charge on any atom is -0.353 e. The Morgan fingerprint density at radius 2 is 1.40 bits per heavy atom. The first-order valence-corrected chi connectivity index (χ1v) is 21.0. The van der Waals surface area contributed by atoms with Gasteiger partial charge in [0.05, 0.1) is 24.0 Å². The summed E-state index contributed by atoms with van der Waals surface area (Å²) in [6.45, 7) is 10.6. The summed E-state index contributed by atoms with van der Waals surface area (Å²) in [5.41, 5.74) is 2.11. The van der Waals surface area contributed by atoms with Gasteiger partial charge in [-0.15, -0.1) is 0 Å². The number of Topliss-reactive ketones (excluding diaryl/α,β-unsaturated/α-hetero) is 3. The van der Waals surface area contributed by atoms with Gasteiger partial charge < -0.3 is 25.8 Å². The van der Waals surface area contributed by atoms with Crippen molar-refractivity contribution < 1.29 is 28.8 Å². The number of carbonyl (C=O) groups is 6. The van der Waals surface area contributed by atoms with Crippen LogP contribution in [0.5, 0.6) is 0 Å². The van der Waals surface area contributed by atoms with Crippen LogP contribution in [0.1, 0.15) is 122 Å². The highest BCUT2D eigenvalue weighted by molar-refractivity contribution is 5.94. The van der Waals surface area contributed by atoms with Gasteiger partial charge in [0.25, 0.3) is 0 Å². The van der Waals surface area contributed by atoms with Gasteiger partial charge in [0.1, 0.15) is 17.6 Å². The summed E-state index contributed by atoms with van der Waals surface area (Å²) in [5.74, 6) is 9.88. The number of nitrogens with zero attached hydrogens (tertiary/aromatic N) is 2. The van der Waals surface area contributed by atoms with Crippen LogP contribution in [0, 0.1) is 40.9 Å². The molecule has 310 valence electrons. The van der Waals surface area contributed by atoms with Crippen molar-refractivity contribution in [2.75, 3.05) is 33.7 Å². The van der Waals surface area contributed by atoms with Crippen LogP contribution in [-0.4, -0.2) is 103 Å². The Balaban J connectivity index is 1.33. The van der Waals surface area contributed by atoms with E-state index in [0.29, 0.717) is 45.2 Å². The predicted octanol–water partition coefficient (Wildman–Crippen LogP) is 4.36. The highest BCUT2D eigenvalue weighted by atomic mass is 16.2. The second-order valence-electron chi connectivity index (χ2n) is 17.2. The maximum Gasteiger partial charge on any atom is 0.242 e. The molecule has 0 spiro atoms. The van der Waals surface area contributed by atoms with Crippen LogP contribution in [-0.2, 0) is 35.2 Å². The molecule has 3 amide bonds. The number of aryl methyl sites for hydroxylation is 1. The highest BCUT2D eigenvalue weighted by Gasteiger charge is 2.42. The number of nitrogens with one attached hydrogen (secondary N) is 3. The minimum atomic E-state index is -0.689. The van der Waals surface area contributed by atoms with Crippen molar-refractivity contribution in [3.63, 3.8) is 0 Å². The molecule has 0 unspecified atom stereocenters. The molecule has 7 atom stereocenters. The van der Waals surface area contributed by atoms with E-state index in [-0.39, 0.29) is 72.8 Å². The van der Waals surface area contributed by atoms with Crippen molar-refractivity contribution in [3.05, 3.63) is 35.4 Å². The Morgan fingerprint density at radius 1 is 0.789 bits per heavy atom. The van der Waals surface area contributed by atoms with Gasteiger partial charge in [-0.3, -0.25) is 28.8 Å². The topological polar surface area (TPSA) is 145 Å². The zero-order valence-corrected chi connectivity index (χ0v) is 35.3. The molecule has 1 aliphatic carbocycles. The fourth-order valence-electron chi connectivity index (χ4n) is 8.37. The highest BCUT2D eigenvalue weighted by Crippen LogP contribution is 2.36. The monoisotopic (exact) mass is 783 g/mol. The summed E-state index contributed by atoms with van der Waals surface area (Å²) in [4.78, 5) is 83.8. The first-order valence-electron chi connectivity index (χ1n) is 21.0. The number of rotatable bonds is 17. The summed E-state index contributed by atoms with van der Waals surface area (Å²) >= 11 is 0. The number of likely N-dealkylation sites (tertiary alicyclic amines) is 2.